The summed E-state index contributed by atoms with van der Waals surface area (Å²) in [6.45, 7) is 13.6. The molecule has 0 spiro atoms. The summed E-state index contributed by atoms with van der Waals surface area (Å²) in [6, 6.07) is 10.5. The number of hydrogen-bond donors (Lipinski definition) is 0. The topological polar surface area (TPSA) is 68.6 Å². The maximum Gasteiger partial charge on any atom is 0.326 e. The van der Waals surface area contributed by atoms with Crippen LogP contribution in [0.4, 0.5) is 4.79 Å². The lowest BCUT2D eigenvalue weighted by Gasteiger charge is -2.20. The Labute approximate surface area is 193 Å². The first kappa shape index (κ1) is 23.9. The zero-order valence-corrected chi connectivity index (χ0v) is 20.5. The van der Waals surface area contributed by atoms with Gasteiger partial charge in [-0.2, -0.15) is 0 Å². The Kier molecular flexibility index (Phi) is 6.69. The molecule has 32 heavy (non-hydrogen) atoms. The van der Waals surface area contributed by atoms with Crippen LogP contribution >= 0.6 is 11.8 Å². The number of imide groups is 1. The Balaban J connectivity index is 1.86. The second kappa shape index (κ2) is 8.98. The molecular weight excluding hydrogens is 424 g/mol. The van der Waals surface area contributed by atoms with Gasteiger partial charge in [-0.25, -0.2) is 0 Å². The molecule has 1 aromatic heterocycles. The van der Waals surface area contributed by atoms with Gasteiger partial charge in [0.05, 0.1) is 11.0 Å². The van der Waals surface area contributed by atoms with Gasteiger partial charge >= 0.3 is 5.97 Å². The number of aromatic nitrogens is 1. The van der Waals surface area contributed by atoms with E-state index in [0.29, 0.717) is 4.91 Å². The summed E-state index contributed by atoms with van der Waals surface area (Å²) in [5.74, 6) is -1.07. The van der Waals surface area contributed by atoms with Crippen molar-refractivity contribution in [1.29, 1.82) is 0 Å². The molecule has 0 radical (unpaired) electrons. The van der Waals surface area contributed by atoms with E-state index in [1.54, 1.807) is 19.9 Å². The number of esters is 1. The third-order valence-electron chi connectivity index (χ3n) is 5.28. The van der Waals surface area contributed by atoms with E-state index in [1.807, 2.05) is 19.9 Å². The van der Waals surface area contributed by atoms with E-state index in [2.05, 4.69) is 49.6 Å². The van der Waals surface area contributed by atoms with Gasteiger partial charge in [-0.3, -0.25) is 19.3 Å². The quantitative estimate of drug-likeness (QED) is 0.448. The molecule has 170 valence electrons. The summed E-state index contributed by atoms with van der Waals surface area (Å²) in [6.07, 6.45) is 1.42. The first-order valence-electron chi connectivity index (χ1n) is 10.6. The highest BCUT2D eigenvalue weighted by molar-refractivity contribution is 8.18. The molecule has 1 saturated heterocycles. The molecule has 2 aromatic rings. The van der Waals surface area contributed by atoms with Crippen LogP contribution in [-0.4, -0.2) is 39.2 Å². The second-order valence-electron chi connectivity index (χ2n) is 9.27. The molecule has 0 unspecified atom stereocenters. The smallest absolute Gasteiger partial charge is 0.326 e. The van der Waals surface area contributed by atoms with Crippen LogP contribution in [0.5, 0.6) is 0 Å². The average Bonchev–Trinajstić information content (AvgIpc) is 3.10. The predicted octanol–water partition coefficient (Wildman–Crippen LogP) is 5.38. The zero-order valence-electron chi connectivity index (χ0n) is 19.7. The number of aryl methyl sites for hydroxylation is 1. The number of carbonyl (C=O) groups excluding carboxylic acids is 3. The number of nitrogens with zero attached hydrogens (tertiary/aromatic N) is 2. The van der Waals surface area contributed by atoms with Gasteiger partial charge in [0.15, 0.2) is 0 Å². The molecule has 2 heterocycles. The van der Waals surface area contributed by atoms with Gasteiger partial charge in [-0.1, -0.05) is 32.9 Å². The molecule has 1 aliphatic rings. The molecule has 2 amide bonds. The van der Waals surface area contributed by atoms with Crippen molar-refractivity contribution in [2.75, 3.05) is 6.54 Å². The fraction of sp³-hybridized carbons (Fsp3) is 0.400. The van der Waals surface area contributed by atoms with Crippen LogP contribution in [0, 0.1) is 13.8 Å². The van der Waals surface area contributed by atoms with Gasteiger partial charge in [-0.05, 0) is 80.3 Å². The molecule has 0 saturated carbocycles. The average molecular weight is 455 g/mol. The Morgan fingerprint density at radius 2 is 1.75 bits per heavy atom. The molecular formula is C25H30N2O4S. The van der Waals surface area contributed by atoms with Gasteiger partial charge in [0, 0.05) is 17.1 Å². The molecule has 1 aromatic carbocycles. The van der Waals surface area contributed by atoms with Crippen LogP contribution in [0.25, 0.3) is 11.8 Å². The lowest BCUT2D eigenvalue weighted by molar-refractivity contribution is -0.149. The number of amides is 2. The van der Waals surface area contributed by atoms with Crippen LogP contribution in [0.2, 0.25) is 0 Å². The third-order valence-corrected chi connectivity index (χ3v) is 6.18. The summed E-state index contributed by atoms with van der Waals surface area (Å²) in [4.78, 5) is 38.2. The maximum absolute atomic E-state index is 12.7. The standard InChI is InChI=1S/C25H30N2O4S/c1-15(2)31-22(28)14-26-23(29)21(32-24(26)30)13-18-12-16(3)27(17(18)4)20-10-8-19(9-11-20)25(5,6)7/h8-13,15H,14H2,1-7H3/b21-13+. The Hall–Kier alpha value is -2.80. The van der Waals surface area contributed by atoms with Gasteiger partial charge in [0.25, 0.3) is 11.1 Å². The normalized spacial score (nSPS) is 15.9. The van der Waals surface area contributed by atoms with E-state index in [-0.39, 0.29) is 18.1 Å². The number of rotatable bonds is 5. The van der Waals surface area contributed by atoms with E-state index >= 15 is 0 Å². The van der Waals surface area contributed by atoms with Crippen molar-refractivity contribution in [2.24, 2.45) is 0 Å². The van der Waals surface area contributed by atoms with Gasteiger partial charge < -0.3 is 9.30 Å². The summed E-state index contributed by atoms with van der Waals surface area (Å²) in [5.41, 5.74) is 5.23. The van der Waals surface area contributed by atoms with Crippen molar-refractivity contribution in [3.8, 4) is 5.69 Å². The van der Waals surface area contributed by atoms with Crippen LogP contribution in [0.3, 0.4) is 0 Å². The Morgan fingerprint density at radius 3 is 2.31 bits per heavy atom. The van der Waals surface area contributed by atoms with E-state index in [4.69, 9.17) is 4.74 Å². The number of carbonyl (C=O) groups is 3. The summed E-state index contributed by atoms with van der Waals surface area (Å²) in [7, 11) is 0. The number of hydrogen-bond acceptors (Lipinski definition) is 5. The minimum Gasteiger partial charge on any atom is -0.462 e. The maximum atomic E-state index is 12.7. The molecule has 0 atom stereocenters. The first-order valence-corrected chi connectivity index (χ1v) is 11.4. The van der Waals surface area contributed by atoms with E-state index in [9.17, 15) is 14.4 Å². The molecule has 1 aliphatic heterocycles. The fourth-order valence-corrected chi connectivity index (χ4v) is 4.48. The first-order chi connectivity index (χ1) is 14.9. The lowest BCUT2D eigenvalue weighted by atomic mass is 9.87. The molecule has 0 N–H and O–H groups in total. The molecule has 0 bridgehead atoms. The van der Waals surface area contributed by atoms with Gasteiger partial charge in [0.1, 0.15) is 6.54 Å². The Morgan fingerprint density at radius 1 is 1.12 bits per heavy atom. The third kappa shape index (κ3) is 4.99. The largest absolute Gasteiger partial charge is 0.462 e. The number of benzene rings is 1. The van der Waals surface area contributed by atoms with Crippen LogP contribution < -0.4 is 0 Å². The molecule has 0 aliphatic carbocycles. The molecule has 1 fully saturated rings. The molecule has 3 rings (SSSR count). The van der Waals surface area contributed by atoms with Crippen molar-refractivity contribution in [3.63, 3.8) is 0 Å². The monoisotopic (exact) mass is 454 g/mol. The lowest BCUT2D eigenvalue weighted by Crippen LogP contribution is -2.35. The number of thioether (sulfide) groups is 1. The predicted molar refractivity (Wildman–Crippen MR) is 128 cm³/mol. The van der Waals surface area contributed by atoms with E-state index in [1.165, 1.54) is 5.56 Å². The van der Waals surface area contributed by atoms with Gasteiger partial charge in [-0.15, -0.1) is 0 Å². The minimum atomic E-state index is -0.597. The Bertz CT molecular complexity index is 1090. The van der Waals surface area contributed by atoms with Crippen LogP contribution in [0.15, 0.2) is 35.2 Å². The highest BCUT2D eigenvalue weighted by Gasteiger charge is 2.37. The van der Waals surface area contributed by atoms with E-state index < -0.39 is 17.1 Å². The van der Waals surface area contributed by atoms with Gasteiger partial charge in [0.2, 0.25) is 0 Å². The summed E-state index contributed by atoms with van der Waals surface area (Å²) >= 11 is 0.843. The van der Waals surface area contributed by atoms with Crippen molar-refractivity contribution < 1.29 is 19.1 Å². The molecule has 6 nitrogen and oxygen atoms in total. The van der Waals surface area contributed by atoms with E-state index in [0.717, 1.165) is 39.3 Å². The summed E-state index contributed by atoms with van der Waals surface area (Å²) < 4.78 is 7.19. The van der Waals surface area contributed by atoms with Crippen molar-refractivity contribution in [1.82, 2.24) is 9.47 Å². The van der Waals surface area contributed by atoms with Crippen molar-refractivity contribution in [3.05, 3.63) is 57.8 Å². The van der Waals surface area contributed by atoms with Crippen LogP contribution in [-0.2, 0) is 19.7 Å². The van der Waals surface area contributed by atoms with Crippen LogP contribution in [0.1, 0.15) is 57.1 Å². The highest BCUT2D eigenvalue weighted by atomic mass is 32.2. The SMILES string of the molecule is Cc1cc(/C=C2/SC(=O)N(CC(=O)OC(C)C)C2=O)c(C)n1-c1ccc(C(C)(C)C)cc1. The zero-order chi connectivity index (χ0) is 23.8. The number of ether oxygens (including phenoxy) is 1. The van der Waals surface area contributed by atoms with Crippen molar-refractivity contribution >= 4 is 35.0 Å². The van der Waals surface area contributed by atoms with Crippen molar-refractivity contribution in [2.45, 2.75) is 60.0 Å². The minimum absolute atomic E-state index is 0.0783. The highest BCUT2D eigenvalue weighted by Crippen LogP contribution is 2.34. The second-order valence-corrected chi connectivity index (χ2v) is 10.3. The fourth-order valence-electron chi connectivity index (χ4n) is 3.65. The summed E-state index contributed by atoms with van der Waals surface area (Å²) in [5, 5.41) is -0.464. The molecule has 7 heteroatoms.